The highest BCUT2D eigenvalue weighted by molar-refractivity contribution is 5.01. The van der Waals surface area contributed by atoms with Crippen LogP contribution < -0.4 is 5.32 Å². The molecule has 1 atom stereocenters. The van der Waals surface area contributed by atoms with Crippen LogP contribution in [0.4, 0.5) is 0 Å². The van der Waals surface area contributed by atoms with Gasteiger partial charge in [0.25, 0.3) is 0 Å². The first-order valence-corrected chi connectivity index (χ1v) is 5.49. The number of likely N-dealkylation sites (N-methyl/N-ethyl adjacent to an activating group) is 1. The van der Waals surface area contributed by atoms with Crippen LogP contribution in [0.2, 0.25) is 0 Å². The molecule has 0 aromatic heterocycles. The van der Waals surface area contributed by atoms with Crippen LogP contribution in [0.5, 0.6) is 0 Å². The summed E-state index contributed by atoms with van der Waals surface area (Å²) in [6.07, 6.45) is 0. The van der Waals surface area contributed by atoms with E-state index in [0.29, 0.717) is 0 Å². The van der Waals surface area contributed by atoms with Crippen molar-refractivity contribution >= 4 is 0 Å². The van der Waals surface area contributed by atoms with Gasteiger partial charge in [-0.2, -0.15) is 0 Å². The number of hydrogen-bond acceptors (Lipinski definition) is 3. The summed E-state index contributed by atoms with van der Waals surface area (Å²) >= 11 is 0. The van der Waals surface area contributed by atoms with E-state index in [1.54, 1.807) is 0 Å². The Hall–Kier alpha value is -0.380. The molecule has 0 rings (SSSR count). The Morgan fingerprint density at radius 2 is 2.00 bits per heavy atom. The summed E-state index contributed by atoms with van der Waals surface area (Å²) in [6.45, 7) is 14.3. The highest BCUT2D eigenvalue weighted by Crippen LogP contribution is 2.02. The van der Waals surface area contributed by atoms with Gasteiger partial charge in [0, 0.05) is 24.7 Å². The van der Waals surface area contributed by atoms with Crippen molar-refractivity contribution in [3.63, 3.8) is 0 Å². The quantitative estimate of drug-likeness (QED) is 0.653. The molecule has 0 aromatic carbocycles. The Morgan fingerprint density at radius 3 is 2.40 bits per heavy atom. The summed E-state index contributed by atoms with van der Waals surface area (Å²) in [5.41, 5.74) is 1.28. The smallest absolute Gasteiger partial charge is 0.0584 e. The molecule has 0 fully saturated rings. The minimum atomic E-state index is 0.129. The molecule has 90 valence electrons. The van der Waals surface area contributed by atoms with Crippen molar-refractivity contribution in [2.45, 2.75) is 39.3 Å². The van der Waals surface area contributed by atoms with E-state index in [1.165, 1.54) is 0 Å². The SMILES string of the molecule is C=C(CNC(C)(C)C)CN(C)C(C)CO. The molecule has 3 nitrogen and oxygen atoms in total. The molecule has 0 bridgehead atoms. The van der Waals surface area contributed by atoms with Gasteiger partial charge in [-0.3, -0.25) is 4.90 Å². The van der Waals surface area contributed by atoms with Gasteiger partial charge in [-0.05, 0) is 40.3 Å². The summed E-state index contributed by atoms with van der Waals surface area (Å²) in [7, 11) is 2.00. The van der Waals surface area contributed by atoms with E-state index >= 15 is 0 Å². The van der Waals surface area contributed by atoms with Crippen LogP contribution >= 0.6 is 0 Å². The predicted octanol–water partition coefficient (Wildman–Crippen LogP) is 1.24. The Morgan fingerprint density at radius 1 is 1.47 bits per heavy atom. The van der Waals surface area contributed by atoms with E-state index in [4.69, 9.17) is 5.11 Å². The van der Waals surface area contributed by atoms with Crippen molar-refractivity contribution in [3.05, 3.63) is 12.2 Å². The van der Waals surface area contributed by atoms with Crippen molar-refractivity contribution in [1.82, 2.24) is 10.2 Å². The van der Waals surface area contributed by atoms with Crippen LogP contribution in [0.3, 0.4) is 0 Å². The minimum absolute atomic E-state index is 0.129. The molecule has 0 aromatic rings. The van der Waals surface area contributed by atoms with Crippen LogP contribution in [0, 0.1) is 0 Å². The number of nitrogens with zero attached hydrogens (tertiary/aromatic N) is 1. The number of hydrogen-bond donors (Lipinski definition) is 2. The molecule has 0 radical (unpaired) electrons. The van der Waals surface area contributed by atoms with Gasteiger partial charge in [-0.1, -0.05) is 6.58 Å². The third kappa shape index (κ3) is 7.54. The number of aliphatic hydroxyl groups excluding tert-OH is 1. The maximum absolute atomic E-state index is 8.99. The highest BCUT2D eigenvalue weighted by atomic mass is 16.3. The Bertz CT molecular complexity index is 196. The van der Waals surface area contributed by atoms with E-state index in [1.807, 2.05) is 14.0 Å². The zero-order valence-electron chi connectivity index (χ0n) is 10.8. The van der Waals surface area contributed by atoms with Crippen LogP contribution in [-0.2, 0) is 0 Å². The average Bonchev–Trinajstić information content (AvgIpc) is 2.12. The molecule has 0 aliphatic carbocycles. The molecule has 3 heteroatoms. The van der Waals surface area contributed by atoms with Gasteiger partial charge in [0.1, 0.15) is 0 Å². The molecule has 0 saturated carbocycles. The monoisotopic (exact) mass is 214 g/mol. The van der Waals surface area contributed by atoms with Crippen molar-refractivity contribution in [2.75, 3.05) is 26.7 Å². The largest absolute Gasteiger partial charge is 0.395 e. The van der Waals surface area contributed by atoms with Crippen LogP contribution in [0.1, 0.15) is 27.7 Å². The van der Waals surface area contributed by atoms with E-state index in [-0.39, 0.29) is 18.2 Å². The molecule has 0 amide bonds. The van der Waals surface area contributed by atoms with E-state index in [0.717, 1.165) is 18.7 Å². The lowest BCUT2D eigenvalue weighted by molar-refractivity contribution is 0.167. The fraction of sp³-hybridized carbons (Fsp3) is 0.833. The Kier molecular flexibility index (Phi) is 6.10. The number of aliphatic hydroxyl groups is 1. The van der Waals surface area contributed by atoms with Crippen molar-refractivity contribution in [1.29, 1.82) is 0 Å². The summed E-state index contributed by atoms with van der Waals surface area (Å²) in [5.74, 6) is 0. The van der Waals surface area contributed by atoms with Crippen LogP contribution in [0.15, 0.2) is 12.2 Å². The summed E-state index contributed by atoms with van der Waals surface area (Å²) in [4.78, 5) is 2.10. The van der Waals surface area contributed by atoms with Gasteiger partial charge in [0.05, 0.1) is 6.61 Å². The molecular weight excluding hydrogens is 188 g/mol. The molecule has 0 saturated heterocycles. The summed E-state index contributed by atoms with van der Waals surface area (Å²) in [6, 6.07) is 0.191. The average molecular weight is 214 g/mol. The molecule has 0 spiro atoms. The van der Waals surface area contributed by atoms with Gasteiger partial charge in [-0.25, -0.2) is 0 Å². The highest BCUT2D eigenvalue weighted by Gasteiger charge is 2.11. The fourth-order valence-corrected chi connectivity index (χ4v) is 1.09. The molecular formula is C12H26N2O. The number of rotatable bonds is 6. The topological polar surface area (TPSA) is 35.5 Å². The van der Waals surface area contributed by atoms with Gasteiger partial charge in [0.2, 0.25) is 0 Å². The van der Waals surface area contributed by atoms with Gasteiger partial charge in [0.15, 0.2) is 0 Å². The van der Waals surface area contributed by atoms with Gasteiger partial charge in [-0.15, -0.1) is 0 Å². The molecule has 0 aliphatic rings. The minimum Gasteiger partial charge on any atom is -0.395 e. The number of nitrogens with one attached hydrogen (secondary N) is 1. The van der Waals surface area contributed by atoms with Gasteiger partial charge < -0.3 is 10.4 Å². The van der Waals surface area contributed by atoms with Crippen LogP contribution in [-0.4, -0.2) is 48.3 Å². The fourth-order valence-electron chi connectivity index (χ4n) is 1.09. The first kappa shape index (κ1) is 14.6. The zero-order valence-corrected chi connectivity index (χ0v) is 10.8. The van der Waals surface area contributed by atoms with Crippen molar-refractivity contribution < 1.29 is 5.11 Å². The van der Waals surface area contributed by atoms with Crippen molar-refractivity contribution in [3.8, 4) is 0 Å². The lowest BCUT2D eigenvalue weighted by atomic mass is 10.1. The first-order chi connectivity index (χ1) is 6.76. The lowest BCUT2D eigenvalue weighted by Crippen LogP contribution is -2.40. The Labute approximate surface area is 94.2 Å². The third-order valence-electron chi connectivity index (χ3n) is 2.36. The normalized spacial score (nSPS) is 14.3. The van der Waals surface area contributed by atoms with E-state index < -0.39 is 0 Å². The third-order valence-corrected chi connectivity index (χ3v) is 2.36. The maximum Gasteiger partial charge on any atom is 0.0584 e. The lowest BCUT2D eigenvalue weighted by Gasteiger charge is -2.26. The second-order valence-electron chi connectivity index (χ2n) is 5.30. The molecule has 0 heterocycles. The maximum atomic E-state index is 8.99. The predicted molar refractivity (Wildman–Crippen MR) is 66.1 cm³/mol. The van der Waals surface area contributed by atoms with E-state index in [2.05, 4.69) is 37.6 Å². The van der Waals surface area contributed by atoms with Gasteiger partial charge >= 0.3 is 0 Å². The molecule has 15 heavy (non-hydrogen) atoms. The standard InChI is InChI=1S/C12H26N2O/c1-10(7-13-12(3,4)5)8-14(6)11(2)9-15/h11,13,15H,1,7-9H2,2-6H3. The summed E-state index contributed by atoms with van der Waals surface area (Å²) in [5, 5.41) is 12.4. The second kappa shape index (κ2) is 6.26. The first-order valence-electron chi connectivity index (χ1n) is 5.49. The summed E-state index contributed by atoms with van der Waals surface area (Å²) < 4.78 is 0. The molecule has 0 aliphatic heterocycles. The molecule has 2 N–H and O–H groups in total. The molecule has 1 unspecified atom stereocenters. The Balaban J connectivity index is 3.84. The van der Waals surface area contributed by atoms with Crippen molar-refractivity contribution in [2.24, 2.45) is 0 Å². The second-order valence-corrected chi connectivity index (χ2v) is 5.30. The van der Waals surface area contributed by atoms with Crippen LogP contribution in [0.25, 0.3) is 0 Å². The van der Waals surface area contributed by atoms with E-state index in [9.17, 15) is 0 Å². The zero-order chi connectivity index (χ0) is 12.1.